The second kappa shape index (κ2) is 7.39. The lowest BCUT2D eigenvalue weighted by atomic mass is 9.85. The molecule has 1 rings (SSSR count). The number of nitrogens with one attached hydrogen (secondary N) is 1. The maximum absolute atomic E-state index is 10.9. The lowest BCUT2D eigenvalue weighted by Crippen LogP contribution is -2.40. The van der Waals surface area contributed by atoms with Crippen molar-refractivity contribution in [2.75, 3.05) is 6.54 Å². The molecule has 0 aromatic heterocycles. The van der Waals surface area contributed by atoms with Crippen molar-refractivity contribution >= 4 is 6.29 Å². The van der Waals surface area contributed by atoms with E-state index in [0.29, 0.717) is 6.04 Å². The van der Waals surface area contributed by atoms with Crippen LogP contribution in [-0.2, 0) is 4.79 Å². The van der Waals surface area contributed by atoms with Crippen molar-refractivity contribution in [2.24, 2.45) is 5.92 Å². The Morgan fingerprint density at radius 2 is 2.19 bits per heavy atom. The van der Waals surface area contributed by atoms with Gasteiger partial charge in [-0.2, -0.15) is 0 Å². The molecular weight excluding hydrogens is 198 g/mol. The van der Waals surface area contributed by atoms with Crippen LogP contribution >= 0.6 is 0 Å². The van der Waals surface area contributed by atoms with Gasteiger partial charge in [0.15, 0.2) is 0 Å². The van der Waals surface area contributed by atoms with E-state index < -0.39 is 0 Å². The third kappa shape index (κ3) is 3.93. The third-order valence-corrected chi connectivity index (χ3v) is 3.39. The summed E-state index contributed by atoms with van der Waals surface area (Å²) in [6.45, 7) is 6.75. The van der Waals surface area contributed by atoms with E-state index in [1.807, 2.05) is 6.08 Å². The molecule has 2 heteroatoms. The molecule has 1 fully saturated rings. The molecule has 0 aromatic carbocycles. The Balaban J connectivity index is 2.42. The summed E-state index contributed by atoms with van der Waals surface area (Å²) in [6, 6.07) is 0.381. The van der Waals surface area contributed by atoms with E-state index in [1.165, 1.54) is 18.4 Å². The van der Waals surface area contributed by atoms with Gasteiger partial charge in [0.25, 0.3) is 0 Å². The summed E-state index contributed by atoms with van der Waals surface area (Å²) in [6.07, 6.45) is 10.7. The van der Waals surface area contributed by atoms with Gasteiger partial charge in [0.1, 0.15) is 6.29 Å². The number of hydrogen-bond donors (Lipinski definition) is 1. The summed E-state index contributed by atoms with van der Waals surface area (Å²) in [5, 5.41) is 3.51. The van der Waals surface area contributed by atoms with Gasteiger partial charge in [-0.15, -0.1) is 0 Å². The van der Waals surface area contributed by atoms with E-state index in [-0.39, 0.29) is 5.92 Å². The van der Waals surface area contributed by atoms with Crippen LogP contribution in [0.15, 0.2) is 24.3 Å². The second-order valence-electron chi connectivity index (χ2n) is 4.49. The third-order valence-electron chi connectivity index (χ3n) is 3.39. The maximum atomic E-state index is 10.9. The molecule has 1 N–H and O–H groups in total. The van der Waals surface area contributed by atoms with Gasteiger partial charge in [-0.25, -0.2) is 0 Å². The molecule has 1 aliphatic rings. The molecule has 90 valence electrons. The highest BCUT2D eigenvalue weighted by Crippen LogP contribution is 2.22. The average Bonchev–Trinajstić information content (AvgIpc) is 2.34. The van der Waals surface area contributed by atoms with E-state index in [0.717, 1.165) is 32.1 Å². The molecule has 0 amide bonds. The predicted octanol–water partition coefficient (Wildman–Crippen LogP) is 2.86. The molecule has 2 unspecified atom stereocenters. The number of carbonyl (C=O) groups is 1. The monoisotopic (exact) mass is 221 g/mol. The highest BCUT2D eigenvalue weighted by Gasteiger charge is 2.23. The first-order valence-corrected chi connectivity index (χ1v) is 6.31. The van der Waals surface area contributed by atoms with E-state index in [2.05, 4.69) is 24.9 Å². The summed E-state index contributed by atoms with van der Waals surface area (Å²) in [7, 11) is 0. The Bertz CT molecular complexity index is 257. The number of rotatable bonds is 6. The molecule has 2 nitrogen and oxygen atoms in total. The van der Waals surface area contributed by atoms with E-state index in [9.17, 15) is 4.79 Å². The molecular formula is C14H23NO. The van der Waals surface area contributed by atoms with Crippen LogP contribution < -0.4 is 5.32 Å². The lowest BCUT2D eigenvalue weighted by Gasteiger charge is -2.29. The van der Waals surface area contributed by atoms with Crippen molar-refractivity contribution < 1.29 is 4.79 Å². The van der Waals surface area contributed by atoms with E-state index in [4.69, 9.17) is 0 Å². The molecule has 0 aliphatic heterocycles. The number of hydrogen-bond acceptors (Lipinski definition) is 2. The Morgan fingerprint density at radius 1 is 1.44 bits per heavy atom. The highest BCUT2D eigenvalue weighted by molar-refractivity contribution is 5.55. The number of carbonyl (C=O) groups excluding carboxylic acids is 1. The largest absolute Gasteiger partial charge is 0.310 e. The van der Waals surface area contributed by atoms with Gasteiger partial charge in [0.2, 0.25) is 0 Å². The van der Waals surface area contributed by atoms with Crippen molar-refractivity contribution in [1.29, 1.82) is 0 Å². The fraction of sp³-hybridized carbons (Fsp3) is 0.643. The molecule has 0 spiro atoms. The van der Waals surface area contributed by atoms with Crippen molar-refractivity contribution in [3.63, 3.8) is 0 Å². The zero-order valence-electron chi connectivity index (χ0n) is 10.2. The molecule has 0 heterocycles. The van der Waals surface area contributed by atoms with Gasteiger partial charge in [-0.3, -0.25) is 0 Å². The fourth-order valence-electron chi connectivity index (χ4n) is 2.31. The van der Waals surface area contributed by atoms with Gasteiger partial charge >= 0.3 is 0 Å². The SMILES string of the molecule is C=C/C=C(\CC)CNC1CCCCC1C=O. The molecule has 0 saturated heterocycles. The molecule has 0 aromatic rings. The smallest absolute Gasteiger partial charge is 0.124 e. The van der Waals surface area contributed by atoms with Crippen LogP contribution in [0.1, 0.15) is 39.0 Å². The van der Waals surface area contributed by atoms with Crippen molar-refractivity contribution in [3.05, 3.63) is 24.3 Å². The average molecular weight is 221 g/mol. The van der Waals surface area contributed by atoms with Gasteiger partial charge in [0, 0.05) is 18.5 Å². The normalized spacial score (nSPS) is 26.4. The van der Waals surface area contributed by atoms with Crippen LogP contribution in [0.2, 0.25) is 0 Å². The first-order chi connectivity index (χ1) is 7.81. The van der Waals surface area contributed by atoms with Crippen molar-refractivity contribution in [2.45, 2.75) is 45.1 Å². The molecule has 1 saturated carbocycles. The Kier molecular flexibility index (Phi) is 6.09. The minimum Gasteiger partial charge on any atom is -0.310 e. The van der Waals surface area contributed by atoms with E-state index in [1.54, 1.807) is 0 Å². The summed E-state index contributed by atoms with van der Waals surface area (Å²) in [4.78, 5) is 10.9. The predicted molar refractivity (Wildman–Crippen MR) is 68.4 cm³/mol. The van der Waals surface area contributed by atoms with Crippen molar-refractivity contribution in [3.8, 4) is 0 Å². The van der Waals surface area contributed by atoms with E-state index >= 15 is 0 Å². The van der Waals surface area contributed by atoms with Gasteiger partial charge in [-0.1, -0.05) is 44.1 Å². The zero-order chi connectivity index (χ0) is 11.8. The van der Waals surface area contributed by atoms with Crippen LogP contribution in [0.4, 0.5) is 0 Å². The van der Waals surface area contributed by atoms with Crippen LogP contribution in [0, 0.1) is 5.92 Å². The fourth-order valence-corrected chi connectivity index (χ4v) is 2.31. The summed E-state index contributed by atoms with van der Waals surface area (Å²) in [5.74, 6) is 0.218. The first-order valence-electron chi connectivity index (χ1n) is 6.31. The molecule has 2 atom stereocenters. The highest BCUT2D eigenvalue weighted by atomic mass is 16.1. The molecule has 0 radical (unpaired) electrons. The Labute approximate surface area is 98.8 Å². The summed E-state index contributed by atoms with van der Waals surface area (Å²) in [5.41, 5.74) is 1.35. The molecule has 1 aliphatic carbocycles. The topological polar surface area (TPSA) is 29.1 Å². The Hall–Kier alpha value is -0.890. The summed E-state index contributed by atoms with van der Waals surface area (Å²) >= 11 is 0. The first kappa shape index (κ1) is 13.2. The maximum Gasteiger partial charge on any atom is 0.124 e. The number of allylic oxidation sites excluding steroid dienone is 2. The quantitative estimate of drug-likeness (QED) is 0.552. The summed E-state index contributed by atoms with van der Waals surface area (Å²) < 4.78 is 0. The Morgan fingerprint density at radius 3 is 2.81 bits per heavy atom. The minimum atomic E-state index is 0.218. The van der Waals surface area contributed by atoms with Crippen molar-refractivity contribution in [1.82, 2.24) is 5.32 Å². The second-order valence-corrected chi connectivity index (χ2v) is 4.49. The van der Waals surface area contributed by atoms with Crippen LogP contribution in [-0.4, -0.2) is 18.9 Å². The van der Waals surface area contributed by atoms with Crippen LogP contribution in [0.3, 0.4) is 0 Å². The van der Waals surface area contributed by atoms with Gasteiger partial charge < -0.3 is 10.1 Å². The number of aldehydes is 1. The van der Waals surface area contributed by atoms with Gasteiger partial charge in [0.05, 0.1) is 0 Å². The standard InChI is InChI=1S/C14H23NO/c1-3-7-12(4-2)10-15-14-9-6-5-8-13(14)11-16/h3,7,11,13-15H,1,4-6,8-10H2,2H3/b12-7+. The minimum absolute atomic E-state index is 0.218. The molecule has 0 bridgehead atoms. The van der Waals surface area contributed by atoms with Crippen LogP contribution in [0.25, 0.3) is 0 Å². The molecule has 16 heavy (non-hydrogen) atoms. The van der Waals surface area contributed by atoms with Gasteiger partial charge in [-0.05, 0) is 19.3 Å². The lowest BCUT2D eigenvalue weighted by molar-refractivity contribution is -0.112. The van der Waals surface area contributed by atoms with Crippen LogP contribution in [0.5, 0.6) is 0 Å². The zero-order valence-corrected chi connectivity index (χ0v) is 10.2.